The van der Waals surface area contributed by atoms with Crippen LogP contribution in [0.25, 0.3) is 110 Å². The predicted molar refractivity (Wildman–Crippen MR) is 254 cm³/mol. The second-order valence-electron chi connectivity index (χ2n) is 15.1. The van der Waals surface area contributed by atoms with E-state index in [-0.39, 0.29) is 57.6 Å². The van der Waals surface area contributed by atoms with Gasteiger partial charge in [0, 0.05) is 38.1 Å². The molecule has 0 unspecified atom stereocenters. The minimum absolute atomic E-state index is 0.0857. The molecule has 60 heavy (non-hydrogen) atoms. The van der Waals surface area contributed by atoms with E-state index in [1.165, 1.54) is 0 Å². The lowest BCUT2D eigenvalue weighted by Gasteiger charge is -2.16. The van der Waals surface area contributed by atoms with Crippen LogP contribution in [0.4, 0.5) is 0 Å². The fourth-order valence-electron chi connectivity index (χ4n) is 9.10. The Kier molecular flexibility index (Phi) is 6.39. The van der Waals surface area contributed by atoms with Gasteiger partial charge in [-0.1, -0.05) is 188 Å². The topological polar surface area (TPSA) is 9.86 Å². The van der Waals surface area contributed by atoms with E-state index in [0.29, 0.717) is 11.3 Å². The highest BCUT2D eigenvalue weighted by atomic mass is 15.0. The Morgan fingerprint density at radius 3 is 1.70 bits per heavy atom. The van der Waals surface area contributed by atoms with Gasteiger partial charge in [0.2, 0.25) is 0 Å². The highest BCUT2D eigenvalue weighted by Crippen LogP contribution is 2.43. The molecule has 12 rings (SSSR count). The van der Waals surface area contributed by atoms with Crippen molar-refractivity contribution in [1.29, 1.82) is 0 Å². The Morgan fingerprint density at radius 1 is 0.300 bits per heavy atom. The monoisotopic (exact) mass is 769 g/mol. The number of para-hydroxylation sites is 3. The quantitative estimate of drug-likeness (QED) is 0.159. The van der Waals surface area contributed by atoms with E-state index < -0.39 is 12.1 Å². The van der Waals surface area contributed by atoms with E-state index >= 15 is 0 Å². The lowest BCUT2D eigenvalue weighted by Crippen LogP contribution is -1.98. The van der Waals surface area contributed by atoms with Gasteiger partial charge in [-0.2, -0.15) is 0 Å². The molecular weight excluding hydrogens is 725 g/mol. The number of aromatic nitrogens is 2. The van der Waals surface area contributed by atoms with Crippen molar-refractivity contribution in [2.75, 3.05) is 0 Å². The van der Waals surface area contributed by atoms with Crippen LogP contribution < -0.4 is 0 Å². The highest BCUT2D eigenvalue weighted by Gasteiger charge is 2.21. The zero-order valence-corrected chi connectivity index (χ0v) is 32.3. The van der Waals surface area contributed by atoms with E-state index in [4.69, 9.17) is 2.74 Å². The van der Waals surface area contributed by atoms with Gasteiger partial charge in [0.1, 0.15) is 0 Å². The second-order valence-corrected chi connectivity index (χ2v) is 15.1. The molecule has 0 amide bonds. The third kappa shape index (κ3) is 5.35. The molecule has 2 heterocycles. The van der Waals surface area contributed by atoms with Crippen LogP contribution in [-0.2, 0) is 0 Å². The first kappa shape index (κ1) is 27.7. The maximum atomic E-state index is 10.1. The molecule has 0 aliphatic carbocycles. The Bertz CT molecular complexity index is 3990. The zero-order valence-electron chi connectivity index (χ0n) is 39.3. The van der Waals surface area contributed by atoms with E-state index in [1.807, 2.05) is 127 Å². The van der Waals surface area contributed by atoms with Crippen LogP contribution in [0.3, 0.4) is 0 Å². The first-order valence-electron chi connectivity index (χ1n) is 23.6. The molecule has 0 saturated carbocycles. The van der Waals surface area contributed by atoms with Crippen LogP contribution in [0.2, 0.25) is 0 Å². The Labute approximate surface area is 358 Å². The van der Waals surface area contributed by atoms with Crippen molar-refractivity contribution >= 4 is 54.4 Å². The second kappa shape index (κ2) is 13.9. The molecule has 12 aromatic rings. The summed E-state index contributed by atoms with van der Waals surface area (Å²) in [4.78, 5) is 0. The number of benzene rings is 10. The third-order valence-corrected chi connectivity index (χ3v) is 11.8. The molecule has 0 N–H and O–H groups in total. The van der Waals surface area contributed by atoms with Crippen LogP contribution >= 0.6 is 0 Å². The molecule has 0 spiro atoms. The number of fused-ring (bicyclic) bond motifs is 7. The van der Waals surface area contributed by atoms with Crippen molar-refractivity contribution in [1.82, 2.24) is 9.13 Å². The van der Waals surface area contributed by atoms with Crippen LogP contribution in [-0.4, -0.2) is 9.13 Å². The average molecular weight is 770 g/mol. The Hall–Kier alpha value is -7.94. The molecule has 0 atom stereocenters. The van der Waals surface area contributed by atoms with Crippen molar-refractivity contribution < 1.29 is 9.60 Å². The average Bonchev–Trinajstić information content (AvgIpc) is 3.91. The lowest BCUT2D eigenvalue weighted by atomic mass is 9.97. The largest absolute Gasteiger partial charge is 0.309 e. The molecular formula is C58H38N2. The summed E-state index contributed by atoms with van der Waals surface area (Å²) in [6.07, 6.45) is 0. The maximum absolute atomic E-state index is 10.1. The smallest absolute Gasteiger partial charge is 0.0645 e. The Balaban J connectivity index is 1.16. The number of hydrogen-bond acceptors (Lipinski definition) is 0. The summed E-state index contributed by atoms with van der Waals surface area (Å²) in [6, 6.07) is 61.2. The van der Waals surface area contributed by atoms with E-state index in [2.05, 4.69) is 65.2 Å². The van der Waals surface area contributed by atoms with Crippen molar-refractivity contribution in [3.8, 4) is 55.9 Å². The van der Waals surface area contributed by atoms with Crippen molar-refractivity contribution in [3.63, 3.8) is 0 Å². The van der Waals surface area contributed by atoms with Gasteiger partial charge in [0.15, 0.2) is 0 Å². The van der Waals surface area contributed by atoms with E-state index in [0.717, 1.165) is 71.6 Å². The molecule has 280 valence electrons. The number of nitrogens with zero attached hydrogens (tertiary/aromatic N) is 2. The Morgan fingerprint density at radius 2 is 0.917 bits per heavy atom. The van der Waals surface area contributed by atoms with Crippen LogP contribution in [0.15, 0.2) is 230 Å². The first-order valence-corrected chi connectivity index (χ1v) is 20.1. The molecule has 0 fully saturated rings. The number of hydrogen-bond donors (Lipinski definition) is 0. The van der Waals surface area contributed by atoms with Crippen molar-refractivity contribution in [2.45, 2.75) is 0 Å². The molecule has 10 aromatic carbocycles. The lowest BCUT2D eigenvalue weighted by molar-refractivity contribution is 1.18. The normalized spacial score (nSPS) is 13.3. The fourth-order valence-corrected chi connectivity index (χ4v) is 9.10. The van der Waals surface area contributed by atoms with E-state index in [1.54, 1.807) is 4.57 Å². The summed E-state index contributed by atoms with van der Waals surface area (Å²) in [5, 5.41) is 3.91. The van der Waals surface area contributed by atoms with E-state index in [9.17, 15) is 6.85 Å². The van der Waals surface area contributed by atoms with Gasteiger partial charge in [-0.25, -0.2) is 0 Å². The minimum Gasteiger partial charge on any atom is -0.309 e. The minimum atomic E-state index is -0.428. The summed E-state index contributed by atoms with van der Waals surface area (Å²) in [5.74, 6) is 0. The summed E-state index contributed by atoms with van der Waals surface area (Å²) < 4.78 is 70.1. The van der Waals surface area contributed by atoms with Gasteiger partial charge >= 0.3 is 0 Å². The SMILES string of the molecule is [2H]c1c([2H])c([2H])c2c(c1[2H])c1c([2H])c(-c3ccc4c(c3)c3cccc(-c5ccccc5)c3n4-c3ccccc3-c3ccccc3)c([2H])c([2H])c1n2-c1ccc(-c2ccccc2)c2ccccc12. The summed E-state index contributed by atoms with van der Waals surface area (Å²) in [7, 11) is 0. The van der Waals surface area contributed by atoms with Gasteiger partial charge in [-0.15, -0.1) is 0 Å². The first-order chi connectivity index (χ1) is 32.7. The summed E-state index contributed by atoms with van der Waals surface area (Å²) in [6.45, 7) is 0. The van der Waals surface area contributed by atoms with Gasteiger partial charge in [-0.05, 0) is 81.2 Å². The molecule has 0 aliphatic heterocycles. The molecule has 2 nitrogen and oxygen atoms in total. The van der Waals surface area contributed by atoms with Crippen LogP contribution in [0, 0.1) is 0 Å². The van der Waals surface area contributed by atoms with Crippen LogP contribution in [0.1, 0.15) is 9.60 Å². The van der Waals surface area contributed by atoms with Gasteiger partial charge in [0.25, 0.3) is 0 Å². The van der Waals surface area contributed by atoms with Gasteiger partial charge in [0.05, 0.1) is 43.0 Å². The third-order valence-electron chi connectivity index (χ3n) is 11.8. The maximum Gasteiger partial charge on any atom is 0.0645 e. The predicted octanol–water partition coefficient (Wildman–Crippen LogP) is 15.7. The number of rotatable bonds is 6. The summed E-state index contributed by atoms with van der Waals surface area (Å²) in [5.41, 5.74) is 10.8. The molecule has 0 bridgehead atoms. The standard InChI is InChI=1S/C58H38N2/c1-4-17-39(18-5-1)44-33-36-55(48-25-11-10-24-47(44)48)59-54-30-15-13-26-49(54)51-37-42(31-34-56(51)59)43-32-35-57-52(38-43)50-28-16-27-46(41-21-8-3-9-22-41)58(50)60(57)53-29-14-12-23-45(53)40-19-6-2-7-20-40/h1-38H/i13D,15D,26D,30D,31D,34D,37D. The summed E-state index contributed by atoms with van der Waals surface area (Å²) >= 11 is 0. The molecule has 0 saturated heterocycles. The van der Waals surface area contributed by atoms with Crippen LogP contribution in [0.5, 0.6) is 0 Å². The fraction of sp³-hybridized carbons (Fsp3) is 0. The van der Waals surface area contributed by atoms with Gasteiger partial charge in [-0.3, -0.25) is 0 Å². The highest BCUT2D eigenvalue weighted by molar-refractivity contribution is 6.16. The molecule has 2 aromatic heterocycles. The van der Waals surface area contributed by atoms with Crippen molar-refractivity contribution in [3.05, 3.63) is 230 Å². The molecule has 2 heteroatoms. The van der Waals surface area contributed by atoms with Crippen molar-refractivity contribution in [2.24, 2.45) is 0 Å². The zero-order chi connectivity index (χ0) is 45.7. The molecule has 0 radical (unpaired) electrons. The van der Waals surface area contributed by atoms with Gasteiger partial charge < -0.3 is 9.13 Å². The molecule has 0 aliphatic rings.